The Balaban J connectivity index is 2.09. The Labute approximate surface area is 54.3 Å². The van der Waals surface area contributed by atoms with Gasteiger partial charge < -0.3 is 4.74 Å². The van der Waals surface area contributed by atoms with E-state index >= 15 is 0 Å². The van der Waals surface area contributed by atoms with Crippen molar-refractivity contribution in [3.8, 4) is 0 Å². The lowest BCUT2D eigenvalue weighted by Crippen LogP contribution is -2.26. The van der Waals surface area contributed by atoms with Gasteiger partial charge in [-0.3, -0.25) is 0 Å². The lowest BCUT2D eigenvalue weighted by atomic mass is 10.1. The fraction of sp³-hybridized carbons (Fsp3) is 0.667. The van der Waals surface area contributed by atoms with E-state index in [1.54, 1.807) is 0 Å². The average Bonchev–Trinajstić information content (AvgIpc) is 1.55. The largest absolute Gasteiger partial charge is 0.378 e. The van der Waals surface area contributed by atoms with Crippen LogP contribution in [0.15, 0.2) is 11.6 Å². The molecule has 1 rings (SSSR count). The van der Waals surface area contributed by atoms with E-state index in [4.69, 9.17) is 16.3 Å². The van der Waals surface area contributed by atoms with Gasteiger partial charge in [0.25, 0.3) is 0 Å². The van der Waals surface area contributed by atoms with Crippen molar-refractivity contribution >= 4 is 11.6 Å². The molecule has 0 aromatic heterocycles. The van der Waals surface area contributed by atoms with Crippen LogP contribution in [-0.2, 0) is 4.74 Å². The molecule has 2 heteroatoms. The van der Waals surface area contributed by atoms with Crippen molar-refractivity contribution in [3.05, 3.63) is 11.6 Å². The summed E-state index contributed by atoms with van der Waals surface area (Å²) in [4.78, 5) is 0. The second-order valence-electron chi connectivity index (χ2n) is 2.00. The third-order valence-electron chi connectivity index (χ3n) is 1.24. The molecule has 0 amide bonds. The van der Waals surface area contributed by atoms with Crippen molar-refractivity contribution in [2.75, 3.05) is 6.61 Å². The smallest absolute Gasteiger partial charge is 0.0645 e. The SMILES string of the molecule is C=C(Cl)CC1CCO1. The summed E-state index contributed by atoms with van der Waals surface area (Å²) in [6, 6.07) is 0. The van der Waals surface area contributed by atoms with Crippen LogP contribution in [0.2, 0.25) is 0 Å². The van der Waals surface area contributed by atoms with Gasteiger partial charge in [-0.05, 0) is 6.42 Å². The highest BCUT2D eigenvalue weighted by atomic mass is 35.5. The Bertz CT molecular complexity index is 96.7. The maximum atomic E-state index is 5.51. The van der Waals surface area contributed by atoms with Crippen molar-refractivity contribution in [1.82, 2.24) is 0 Å². The van der Waals surface area contributed by atoms with Gasteiger partial charge in [-0.25, -0.2) is 0 Å². The van der Waals surface area contributed by atoms with Crippen molar-refractivity contribution in [3.63, 3.8) is 0 Å². The van der Waals surface area contributed by atoms with Gasteiger partial charge in [0, 0.05) is 18.1 Å². The first kappa shape index (κ1) is 6.12. The van der Waals surface area contributed by atoms with Gasteiger partial charge in [0.15, 0.2) is 0 Å². The highest BCUT2D eigenvalue weighted by Crippen LogP contribution is 2.19. The molecular weight excluding hydrogens is 124 g/mol. The van der Waals surface area contributed by atoms with Crippen LogP contribution in [0.4, 0.5) is 0 Å². The Kier molecular flexibility index (Phi) is 1.92. The minimum atomic E-state index is 0.375. The zero-order valence-corrected chi connectivity index (χ0v) is 5.45. The number of hydrogen-bond donors (Lipinski definition) is 0. The average molecular weight is 133 g/mol. The van der Waals surface area contributed by atoms with E-state index in [0.29, 0.717) is 11.1 Å². The minimum absolute atomic E-state index is 0.375. The number of hydrogen-bond acceptors (Lipinski definition) is 1. The van der Waals surface area contributed by atoms with E-state index in [2.05, 4.69) is 6.58 Å². The summed E-state index contributed by atoms with van der Waals surface area (Å²) in [6.45, 7) is 4.46. The summed E-state index contributed by atoms with van der Waals surface area (Å²) in [5, 5.41) is 0.703. The van der Waals surface area contributed by atoms with E-state index in [9.17, 15) is 0 Å². The predicted octanol–water partition coefficient (Wildman–Crippen LogP) is 1.92. The Morgan fingerprint density at radius 3 is 2.62 bits per heavy atom. The molecule has 0 radical (unpaired) electrons. The molecule has 1 saturated heterocycles. The van der Waals surface area contributed by atoms with Gasteiger partial charge in [0.1, 0.15) is 0 Å². The lowest BCUT2D eigenvalue weighted by Gasteiger charge is -2.25. The molecule has 1 nitrogen and oxygen atoms in total. The second kappa shape index (κ2) is 2.51. The molecule has 8 heavy (non-hydrogen) atoms. The highest BCUT2D eigenvalue weighted by molar-refractivity contribution is 6.29. The van der Waals surface area contributed by atoms with Gasteiger partial charge in [-0.2, -0.15) is 0 Å². The van der Waals surface area contributed by atoms with Crippen LogP contribution in [0, 0.1) is 0 Å². The molecular formula is C6H9ClO. The summed E-state index contributed by atoms with van der Waals surface area (Å²) in [5.41, 5.74) is 0. The quantitative estimate of drug-likeness (QED) is 0.558. The molecule has 1 aliphatic rings. The maximum absolute atomic E-state index is 5.51. The Morgan fingerprint density at radius 1 is 1.88 bits per heavy atom. The molecule has 0 N–H and O–H groups in total. The molecule has 1 heterocycles. The fourth-order valence-corrected chi connectivity index (χ4v) is 0.865. The first-order valence-corrected chi connectivity index (χ1v) is 3.11. The topological polar surface area (TPSA) is 9.23 Å². The van der Waals surface area contributed by atoms with Gasteiger partial charge >= 0.3 is 0 Å². The molecule has 1 atom stereocenters. The molecule has 0 aromatic carbocycles. The molecule has 0 aliphatic carbocycles. The van der Waals surface area contributed by atoms with Crippen LogP contribution in [0.25, 0.3) is 0 Å². The van der Waals surface area contributed by atoms with E-state index in [1.165, 1.54) is 0 Å². The zero-order chi connectivity index (χ0) is 5.98. The van der Waals surface area contributed by atoms with Gasteiger partial charge in [0.05, 0.1) is 6.10 Å². The zero-order valence-electron chi connectivity index (χ0n) is 4.69. The van der Waals surface area contributed by atoms with E-state index in [1.807, 2.05) is 0 Å². The molecule has 0 spiro atoms. The van der Waals surface area contributed by atoms with Crippen molar-refractivity contribution in [2.45, 2.75) is 18.9 Å². The minimum Gasteiger partial charge on any atom is -0.378 e. The van der Waals surface area contributed by atoms with E-state index in [0.717, 1.165) is 19.4 Å². The van der Waals surface area contributed by atoms with Gasteiger partial charge in [-0.1, -0.05) is 18.2 Å². The third kappa shape index (κ3) is 1.49. The highest BCUT2D eigenvalue weighted by Gasteiger charge is 2.17. The first-order chi connectivity index (χ1) is 3.79. The Morgan fingerprint density at radius 2 is 2.50 bits per heavy atom. The van der Waals surface area contributed by atoms with Crippen LogP contribution in [0.5, 0.6) is 0 Å². The first-order valence-electron chi connectivity index (χ1n) is 2.74. The van der Waals surface area contributed by atoms with Crippen LogP contribution in [0.3, 0.4) is 0 Å². The van der Waals surface area contributed by atoms with Crippen molar-refractivity contribution in [2.24, 2.45) is 0 Å². The van der Waals surface area contributed by atoms with Crippen LogP contribution >= 0.6 is 11.6 Å². The van der Waals surface area contributed by atoms with Gasteiger partial charge in [-0.15, -0.1) is 0 Å². The number of rotatable bonds is 2. The van der Waals surface area contributed by atoms with Crippen LogP contribution in [-0.4, -0.2) is 12.7 Å². The van der Waals surface area contributed by atoms with Crippen molar-refractivity contribution in [1.29, 1.82) is 0 Å². The standard InChI is InChI=1S/C6H9ClO/c1-5(7)4-6-2-3-8-6/h6H,1-4H2. The second-order valence-corrected chi connectivity index (χ2v) is 2.54. The molecule has 0 bridgehead atoms. The van der Waals surface area contributed by atoms with Crippen LogP contribution < -0.4 is 0 Å². The summed E-state index contributed by atoms with van der Waals surface area (Å²) in [7, 11) is 0. The third-order valence-corrected chi connectivity index (χ3v) is 1.40. The monoisotopic (exact) mass is 132 g/mol. The summed E-state index contributed by atoms with van der Waals surface area (Å²) < 4.78 is 5.10. The molecule has 1 aliphatic heterocycles. The van der Waals surface area contributed by atoms with Gasteiger partial charge in [0.2, 0.25) is 0 Å². The summed E-state index contributed by atoms with van der Waals surface area (Å²) in [6.07, 6.45) is 2.34. The maximum Gasteiger partial charge on any atom is 0.0645 e. The van der Waals surface area contributed by atoms with Crippen LogP contribution in [0.1, 0.15) is 12.8 Å². The molecule has 0 aromatic rings. The number of halogens is 1. The van der Waals surface area contributed by atoms with E-state index in [-0.39, 0.29) is 0 Å². The fourth-order valence-electron chi connectivity index (χ4n) is 0.693. The van der Waals surface area contributed by atoms with E-state index < -0.39 is 0 Å². The Hall–Kier alpha value is -0.0100. The predicted molar refractivity (Wildman–Crippen MR) is 34.0 cm³/mol. The summed E-state index contributed by atoms with van der Waals surface area (Å²) >= 11 is 5.51. The molecule has 0 saturated carbocycles. The molecule has 1 unspecified atom stereocenters. The van der Waals surface area contributed by atoms with Crippen molar-refractivity contribution < 1.29 is 4.74 Å². The lowest BCUT2D eigenvalue weighted by molar-refractivity contribution is -0.0481. The number of ether oxygens (including phenoxy) is 1. The molecule has 46 valence electrons. The normalized spacial score (nSPS) is 26.9. The summed E-state index contributed by atoms with van der Waals surface area (Å²) in [5.74, 6) is 0. The molecule has 1 fully saturated rings.